The Morgan fingerprint density at radius 1 is 0.692 bits per heavy atom. The molecule has 0 spiro atoms. The highest BCUT2D eigenvalue weighted by atomic mass is 16.8. The summed E-state index contributed by atoms with van der Waals surface area (Å²) in [5.41, 5.74) is 2.06. The number of hydrogen-bond donors (Lipinski definition) is 0. The molecule has 2 saturated heterocycles. The molecule has 2 aliphatic heterocycles. The van der Waals surface area contributed by atoms with Crippen LogP contribution in [0.5, 0.6) is 0 Å². The molecule has 0 aliphatic carbocycles. The van der Waals surface area contributed by atoms with Crippen LogP contribution in [-0.4, -0.2) is 85.9 Å². The van der Waals surface area contributed by atoms with Gasteiger partial charge in [-0.05, 0) is 37.1 Å². The van der Waals surface area contributed by atoms with Gasteiger partial charge in [0.2, 0.25) is 6.29 Å². The molecule has 0 amide bonds. The van der Waals surface area contributed by atoms with Crippen molar-refractivity contribution >= 4 is 17.9 Å². The van der Waals surface area contributed by atoms with Gasteiger partial charge in [0.05, 0.1) is 31.5 Å². The van der Waals surface area contributed by atoms with Crippen LogP contribution in [0.15, 0.2) is 104 Å². The normalized spacial score (nSPS) is 27.7. The summed E-state index contributed by atoms with van der Waals surface area (Å²) in [5, 5.41) is 0. The van der Waals surface area contributed by atoms with E-state index in [2.05, 4.69) is 6.58 Å². The lowest BCUT2D eigenvalue weighted by Gasteiger charge is -2.45. The summed E-state index contributed by atoms with van der Waals surface area (Å²) in [7, 11) is 0. The van der Waals surface area contributed by atoms with Crippen LogP contribution in [0.4, 0.5) is 0 Å². The SMILES string of the molecule is C=CCO[C@@H]1[C@H](OC(=O)c2ccccc2)[C@@H](O[C@@H]2[C@H](OCc3ccccc3)[C@@H](OC(C)=O)O[C@@H]2[C@@H](C)OC(C)=O)O[C@H](C)[C@H]1OCc1ccccc1. The van der Waals surface area contributed by atoms with Gasteiger partial charge in [0.1, 0.15) is 36.6 Å². The van der Waals surface area contributed by atoms with E-state index in [1.54, 1.807) is 50.3 Å². The molecule has 2 heterocycles. The fourth-order valence-corrected chi connectivity index (χ4v) is 6.21. The van der Waals surface area contributed by atoms with Crippen LogP contribution < -0.4 is 0 Å². The van der Waals surface area contributed by atoms with E-state index in [9.17, 15) is 14.4 Å². The molecule has 12 nitrogen and oxygen atoms in total. The smallest absolute Gasteiger partial charge is 0.338 e. The summed E-state index contributed by atoms with van der Waals surface area (Å²) < 4.78 is 55.7. The number of rotatable bonds is 16. The molecule has 2 aliphatic rings. The van der Waals surface area contributed by atoms with Crippen LogP contribution >= 0.6 is 0 Å². The van der Waals surface area contributed by atoms with E-state index in [1.165, 1.54) is 13.8 Å². The van der Waals surface area contributed by atoms with Gasteiger partial charge in [-0.3, -0.25) is 9.59 Å². The van der Waals surface area contributed by atoms with E-state index in [4.69, 9.17) is 42.6 Å². The van der Waals surface area contributed by atoms with Gasteiger partial charge in [0.25, 0.3) is 0 Å². The van der Waals surface area contributed by atoms with Crippen molar-refractivity contribution in [1.82, 2.24) is 0 Å². The van der Waals surface area contributed by atoms with Crippen molar-refractivity contribution < 1.29 is 57.0 Å². The zero-order chi connectivity index (χ0) is 37.0. The molecule has 12 heteroatoms. The molecule has 0 unspecified atom stereocenters. The lowest BCUT2D eigenvalue weighted by molar-refractivity contribution is -0.323. The summed E-state index contributed by atoms with van der Waals surface area (Å²) >= 11 is 0. The Bertz CT molecular complexity index is 1590. The summed E-state index contributed by atoms with van der Waals surface area (Å²) in [6, 6.07) is 27.5. The van der Waals surface area contributed by atoms with Crippen LogP contribution in [0.1, 0.15) is 49.2 Å². The second-order valence-electron chi connectivity index (χ2n) is 12.5. The van der Waals surface area contributed by atoms with E-state index in [0.717, 1.165) is 11.1 Å². The van der Waals surface area contributed by atoms with Crippen molar-refractivity contribution in [2.75, 3.05) is 6.61 Å². The van der Waals surface area contributed by atoms with E-state index in [1.807, 2.05) is 60.7 Å². The Balaban J connectivity index is 1.51. The fourth-order valence-electron chi connectivity index (χ4n) is 6.21. The Kier molecular flexibility index (Phi) is 14.1. The predicted molar refractivity (Wildman–Crippen MR) is 186 cm³/mol. The van der Waals surface area contributed by atoms with Crippen LogP contribution in [0.3, 0.4) is 0 Å². The zero-order valence-corrected chi connectivity index (χ0v) is 29.7. The van der Waals surface area contributed by atoms with Crippen LogP contribution in [0, 0.1) is 0 Å². The van der Waals surface area contributed by atoms with E-state index >= 15 is 0 Å². The molecule has 2 fully saturated rings. The lowest BCUT2D eigenvalue weighted by atomic mass is 9.98. The summed E-state index contributed by atoms with van der Waals surface area (Å²) in [4.78, 5) is 38.0. The Morgan fingerprint density at radius 3 is 1.83 bits per heavy atom. The maximum Gasteiger partial charge on any atom is 0.338 e. The minimum atomic E-state index is -1.28. The van der Waals surface area contributed by atoms with Crippen molar-refractivity contribution in [2.45, 2.75) is 102 Å². The van der Waals surface area contributed by atoms with Crippen LogP contribution in [-0.2, 0) is 65.4 Å². The van der Waals surface area contributed by atoms with Crippen molar-refractivity contribution in [1.29, 1.82) is 0 Å². The fraction of sp³-hybridized carbons (Fsp3) is 0.425. The number of carbonyl (C=O) groups is 3. The first-order valence-electron chi connectivity index (χ1n) is 17.2. The van der Waals surface area contributed by atoms with Crippen molar-refractivity contribution in [2.24, 2.45) is 0 Å². The van der Waals surface area contributed by atoms with Crippen LogP contribution in [0.25, 0.3) is 0 Å². The Morgan fingerprint density at radius 2 is 1.27 bits per heavy atom. The minimum Gasteiger partial charge on any atom is -0.460 e. The monoisotopic (exact) mass is 718 g/mol. The number of hydrogen-bond acceptors (Lipinski definition) is 12. The van der Waals surface area contributed by atoms with Gasteiger partial charge in [0, 0.05) is 13.8 Å². The number of ether oxygens (including phenoxy) is 9. The second kappa shape index (κ2) is 18.9. The molecule has 0 saturated carbocycles. The number of carbonyl (C=O) groups excluding carboxylic acids is 3. The largest absolute Gasteiger partial charge is 0.460 e. The maximum atomic E-state index is 13.7. The maximum absolute atomic E-state index is 13.7. The minimum absolute atomic E-state index is 0.102. The predicted octanol–water partition coefficient (Wildman–Crippen LogP) is 5.32. The highest BCUT2D eigenvalue weighted by Crippen LogP contribution is 2.37. The second-order valence-corrected chi connectivity index (χ2v) is 12.5. The molecule has 5 rings (SSSR count). The average Bonchev–Trinajstić information content (AvgIpc) is 3.47. The molecule has 10 atom stereocenters. The molecule has 0 bridgehead atoms. The third kappa shape index (κ3) is 10.3. The number of benzene rings is 3. The molecule has 278 valence electrons. The van der Waals surface area contributed by atoms with E-state index in [-0.39, 0.29) is 19.8 Å². The van der Waals surface area contributed by atoms with Gasteiger partial charge < -0.3 is 42.6 Å². The first kappa shape index (κ1) is 38.8. The third-order valence-electron chi connectivity index (χ3n) is 8.55. The Hall–Kier alpha value is -4.43. The quantitative estimate of drug-likeness (QED) is 0.108. The van der Waals surface area contributed by atoms with Gasteiger partial charge in [-0.1, -0.05) is 84.9 Å². The molecular formula is C40H46O12. The molecule has 0 radical (unpaired) electrons. The highest BCUT2D eigenvalue weighted by Gasteiger charge is 2.56. The van der Waals surface area contributed by atoms with Crippen LogP contribution in [0.2, 0.25) is 0 Å². The van der Waals surface area contributed by atoms with Gasteiger partial charge in [-0.2, -0.15) is 0 Å². The van der Waals surface area contributed by atoms with Crippen molar-refractivity contribution in [3.8, 4) is 0 Å². The summed E-state index contributed by atoms with van der Waals surface area (Å²) in [6.45, 7) is 10.2. The van der Waals surface area contributed by atoms with Gasteiger partial charge >= 0.3 is 17.9 Å². The van der Waals surface area contributed by atoms with Crippen molar-refractivity contribution in [3.05, 3.63) is 120 Å². The first-order valence-corrected chi connectivity index (χ1v) is 17.2. The molecule has 3 aromatic carbocycles. The molecule has 3 aromatic rings. The van der Waals surface area contributed by atoms with E-state index < -0.39 is 79.3 Å². The lowest BCUT2D eigenvalue weighted by Crippen LogP contribution is -2.62. The summed E-state index contributed by atoms with van der Waals surface area (Å²) in [6.07, 6.45) is -8.39. The molecular weight excluding hydrogens is 672 g/mol. The van der Waals surface area contributed by atoms with Gasteiger partial charge in [-0.25, -0.2) is 4.79 Å². The average molecular weight is 719 g/mol. The van der Waals surface area contributed by atoms with Crippen molar-refractivity contribution in [3.63, 3.8) is 0 Å². The van der Waals surface area contributed by atoms with Gasteiger partial charge in [0.15, 0.2) is 12.4 Å². The number of esters is 3. The zero-order valence-electron chi connectivity index (χ0n) is 29.7. The molecule has 52 heavy (non-hydrogen) atoms. The highest BCUT2D eigenvalue weighted by molar-refractivity contribution is 5.89. The Labute approximate surface area is 303 Å². The van der Waals surface area contributed by atoms with Gasteiger partial charge in [-0.15, -0.1) is 6.58 Å². The molecule has 0 aromatic heterocycles. The van der Waals surface area contributed by atoms with E-state index in [0.29, 0.717) is 5.56 Å². The standard InChI is InChI=1S/C40H46O12/c1-6-22-44-34-32(45-23-29-16-10-7-11-17-29)25(2)48-40(37(34)50-38(43)31-20-14-9-15-21-31)52-35-33(26(3)47-27(4)41)51-39(49-28(5)42)36(35)46-24-30-18-12-8-13-19-30/h6-21,25-26,32-37,39-40H,1,22-24H2,2-5H3/t25-,26-,32-,33-,34+,35+,36+,37+,39+,40-/m1/s1. The first-order chi connectivity index (χ1) is 25.1. The topological polar surface area (TPSA) is 134 Å². The third-order valence-corrected chi connectivity index (χ3v) is 8.55. The summed E-state index contributed by atoms with van der Waals surface area (Å²) in [5.74, 6) is -1.82. The molecule has 0 N–H and O–H groups in total.